The lowest BCUT2D eigenvalue weighted by Gasteiger charge is -2.25. The molecular formula is C14H20N2O. The monoisotopic (exact) mass is 232 g/mol. The van der Waals surface area contributed by atoms with Crippen LogP contribution in [0.3, 0.4) is 0 Å². The number of anilines is 1. The molecule has 17 heavy (non-hydrogen) atoms. The minimum atomic E-state index is 0.235. The number of carbonyl (C=O) groups excluding carboxylic acids is 1. The molecule has 1 saturated carbocycles. The van der Waals surface area contributed by atoms with E-state index in [1.54, 1.807) is 18.5 Å². The summed E-state index contributed by atoms with van der Waals surface area (Å²) in [6.07, 6.45) is 8.34. The lowest BCUT2D eigenvalue weighted by molar-refractivity contribution is -0.123. The van der Waals surface area contributed by atoms with Crippen LogP contribution in [0.15, 0.2) is 18.5 Å². The number of nitrogens with two attached hydrogens (primary N) is 1. The maximum Gasteiger partial charge on any atom is 0.140 e. The highest BCUT2D eigenvalue weighted by atomic mass is 16.1. The molecule has 0 bridgehead atoms. The van der Waals surface area contributed by atoms with Crippen LogP contribution in [-0.2, 0) is 11.2 Å². The quantitative estimate of drug-likeness (QED) is 0.871. The summed E-state index contributed by atoms with van der Waals surface area (Å²) < 4.78 is 0. The molecule has 1 aromatic heterocycles. The average molecular weight is 232 g/mol. The first-order valence-corrected chi connectivity index (χ1v) is 6.38. The zero-order valence-electron chi connectivity index (χ0n) is 10.4. The van der Waals surface area contributed by atoms with E-state index in [-0.39, 0.29) is 5.92 Å². The highest BCUT2D eigenvalue weighted by Gasteiger charge is 2.25. The topological polar surface area (TPSA) is 56.0 Å². The molecule has 1 aliphatic carbocycles. The molecule has 0 saturated heterocycles. The number of nitrogen functional groups attached to an aromatic ring is 1. The van der Waals surface area contributed by atoms with E-state index in [9.17, 15) is 4.79 Å². The van der Waals surface area contributed by atoms with Crippen molar-refractivity contribution in [3.05, 3.63) is 24.0 Å². The number of pyridine rings is 1. The summed E-state index contributed by atoms with van der Waals surface area (Å²) in [7, 11) is 0. The molecule has 0 aliphatic heterocycles. The van der Waals surface area contributed by atoms with Crippen molar-refractivity contribution in [3.8, 4) is 0 Å². The molecule has 3 nitrogen and oxygen atoms in total. The van der Waals surface area contributed by atoms with Gasteiger partial charge in [0.15, 0.2) is 0 Å². The number of hydrogen-bond acceptors (Lipinski definition) is 3. The molecule has 3 heteroatoms. The Hall–Kier alpha value is -1.38. The Kier molecular flexibility index (Phi) is 3.77. The molecular weight excluding hydrogens is 212 g/mol. The fraction of sp³-hybridized carbons (Fsp3) is 0.571. The van der Waals surface area contributed by atoms with Crippen LogP contribution < -0.4 is 5.73 Å². The van der Waals surface area contributed by atoms with Gasteiger partial charge in [-0.15, -0.1) is 0 Å². The van der Waals surface area contributed by atoms with E-state index in [0.717, 1.165) is 18.4 Å². The van der Waals surface area contributed by atoms with Gasteiger partial charge in [-0.3, -0.25) is 9.78 Å². The number of rotatable bonds is 3. The summed E-state index contributed by atoms with van der Waals surface area (Å²) in [4.78, 5) is 16.2. The van der Waals surface area contributed by atoms with Gasteiger partial charge in [-0.05, 0) is 24.8 Å². The van der Waals surface area contributed by atoms with Crippen LogP contribution in [0.5, 0.6) is 0 Å². The van der Waals surface area contributed by atoms with Crippen molar-refractivity contribution in [3.63, 3.8) is 0 Å². The van der Waals surface area contributed by atoms with Crippen molar-refractivity contribution < 1.29 is 4.79 Å². The number of aromatic nitrogens is 1. The maximum absolute atomic E-state index is 12.2. The van der Waals surface area contributed by atoms with Gasteiger partial charge in [-0.2, -0.15) is 0 Å². The lowest BCUT2D eigenvalue weighted by Crippen LogP contribution is -2.23. The van der Waals surface area contributed by atoms with E-state index < -0.39 is 0 Å². The van der Waals surface area contributed by atoms with Gasteiger partial charge in [0.2, 0.25) is 0 Å². The molecule has 0 amide bonds. The number of carbonyl (C=O) groups is 1. The molecule has 0 aromatic carbocycles. The first-order chi connectivity index (χ1) is 8.16. The molecule has 0 radical (unpaired) electrons. The number of nitrogens with zero attached hydrogens (tertiary/aromatic N) is 1. The predicted octanol–water partition coefficient (Wildman–Crippen LogP) is 2.60. The summed E-state index contributed by atoms with van der Waals surface area (Å²) in [5.74, 6) is 1.25. The summed E-state index contributed by atoms with van der Waals surface area (Å²) >= 11 is 0. The Morgan fingerprint density at radius 3 is 3.06 bits per heavy atom. The smallest absolute Gasteiger partial charge is 0.140 e. The number of hydrogen-bond donors (Lipinski definition) is 1. The number of ketones is 1. The van der Waals surface area contributed by atoms with Crippen LogP contribution in [0.4, 0.5) is 5.69 Å². The van der Waals surface area contributed by atoms with Crippen molar-refractivity contribution >= 4 is 11.5 Å². The summed E-state index contributed by atoms with van der Waals surface area (Å²) in [6, 6.07) is 1.76. The zero-order valence-corrected chi connectivity index (χ0v) is 10.4. The Labute approximate surface area is 102 Å². The first kappa shape index (κ1) is 12.1. The predicted molar refractivity (Wildman–Crippen MR) is 68.5 cm³/mol. The summed E-state index contributed by atoms with van der Waals surface area (Å²) in [6.45, 7) is 2.23. The van der Waals surface area contributed by atoms with E-state index in [2.05, 4.69) is 11.9 Å². The van der Waals surface area contributed by atoms with Crippen molar-refractivity contribution in [1.29, 1.82) is 0 Å². The van der Waals surface area contributed by atoms with Gasteiger partial charge in [0.25, 0.3) is 0 Å². The van der Waals surface area contributed by atoms with Crippen molar-refractivity contribution in [1.82, 2.24) is 4.98 Å². The highest BCUT2D eigenvalue weighted by molar-refractivity contribution is 5.84. The van der Waals surface area contributed by atoms with Gasteiger partial charge >= 0.3 is 0 Å². The Balaban J connectivity index is 1.99. The lowest BCUT2D eigenvalue weighted by atomic mass is 9.79. The third kappa shape index (κ3) is 3.05. The molecule has 0 spiro atoms. The second-order valence-electron chi connectivity index (χ2n) is 5.19. The molecule has 2 unspecified atom stereocenters. The molecule has 1 aromatic rings. The van der Waals surface area contributed by atoms with Gasteiger partial charge in [-0.25, -0.2) is 0 Å². The molecule has 2 N–H and O–H groups in total. The van der Waals surface area contributed by atoms with Crippen molar-refractivity contribution in [2.75, 3.05) is 5.73 Å². The zero-order chi connectivity index (χ0) is 12.3. The summed E-state index contributed by atoms with van der Waals surface area (Å²) in [5, 5.41) is 0. The highest BCUT2D eigenvalue weighted by Crippen LogP contribution is 2.30. The van der Waals surface area contributed by atoms with Gasteiger partial charge in [0.1, 0.15) is 5.78 Å². The minimum absolute atomic E-state index is 0.235. The Morgan fingerprint density at radius 1 is 1.53 bits per heavy atom. The number of Topliss-reactive ketones (excluding diaryl/α,β-unsaturated/α-hetero) is 1. The third-order valence-electron chi connectivity index (χ3n) is 3.70. The maximum atomic E-state index is 12.2. The van der Waals surface area contributed by atoms with Gasteiger partial charge in [0, 0.05) is 36.0 Å². The van der Waals surface area contributed by atoms with Crippen LogP contribution in [0, 0.1) is 11.8 Å². The van der Waals surface area contributed by atoms with Gasteiger partial charge in [-0.1, -0.05) is 19.8 Å². The minimum Gasteiger partial charge on any atom is -0.398 e. The normalized spacial score (nSPS) is 24.5. The van der Waals surface area contributed by atoms with Crippen molar-refractivity contribution in [2.45, 2.75) is 39.0 Å². The molecule has 2 rings (SSSR count). The van der Waals surface area contributed by atoms with E-state index in [4.69, 9.17) is 5.73 Å². The summed E-state index contributed by atoms with van der Waals surface area (Å²) in [5.41, 5.74) is 7.38. The molecule has 1 fully saturated rings. The van der Waals surface area contributed by atoms with E-state index in [1.165, 1.54) is 12.8 Å². The van der Waals surface area contributed by atoms with Gasteiger partial charge in [0.05, 0.1) is 0 Å². The fourth-order valence-electron chi connectivity index (χ4n) is 2.64. The Bertz CT molecular complexity index is 403. The third-order valence-corrected chi connectivity index (χ3v) is 3.70. The molecule has 1 aliphatic rings. The second kappa shape index (κ2) is 5.30. The van der Waals surface area contributed by atoms with E-state index >= 15 is 0 Å². The van der Waals surface area contributed by atoms with Crippen LogP contribution in [0.25, 0.3) is 0 Å². The molecule has 92 valence electrons. The standard InChI is InChI=1S/C14H20N2O/c1-10-3-2-4-11(7-10)14(17)8-12-9-16-6-5-13(12)15/h5-6,9-11H,2-4,7-8H2,1H3,(H2,15,16). The fourth-order valence-corrected chi connectivity index (χ4v) is 2.64. The van der Waals surface area contributed by atoms with Crippen molar-refractivity contribution in [2.24, 2.45) is 11.8 Å². The SMILES string of the molecule is CC1CCCC(C(=O)Cc2cnccc2N)C1. The molecule has 2 atom stereocenters. The van der Waals surface area contributed by atoms with Crippen LogP contribution in [0.2, 0.25) is 0 Å². The van der Waals surface area contributed by atoms with Gasteiger partial charge < -0.3 is 5.73 Å². The first-order valence-electron chi connectivity index (χ1n) is 6.38. The second-order valence-corrected chi connectivity index (χ2v) is 5.19. The van der Waals surface area contributed by atoms with Crippen LogP contribution in [-0.4, -0.2) is 10.8 Å². The Morgan fingerprint density at radius 2 is 2.35 bits per heavy atom. The molecule has 1 heterocycles. The van der Waals surface area contributed by atoms with E-state index in [0.29, 0.717) is 23.8 Å². The van der Waals surface area contributed by atoms with E-state index in [1.807, 2.05) is 0 Å². The largest absolute Gasteiger partial charge is 0.398 e. The average Bonchev–Trinajstić information content (AvgIpc) is 2.32. The van der Waals surface area contributed by atoms with Crippen LogP contribution >= 0.6 is 0 Å². The van der Waals surface area contributed by atoms with Crippen LogP contribution in [0.1, 0.15) is 38.2 Å².